The van der Waals surface area contributed by atoms with Gasteiger partial charge in [0.2, 0.25) is 5.91 Å². The molecule has 1 aromatic carbocycles. The lowest BCUT2D eigenvalue weighted by Gasteiger charge is -2.32. The molecule has 2 saturated heterocycles. The van der Waals surface area contributed by atoms with Crippen LogP contribution < -0.4 is 4.74 Å². The average Bonchev–Trinajstić information content (AvgIpc) is 3.19. The predicted octanol–water partition coefficient (Wildman–Crippen LogP) is 1.19. The van der Waals surface area contributed by atoms with Crippen molar-refractivity contribution in [3.8, 4) is 5.75 Å². The zero-order valence-electron chi connectivity index (χ0n) is 15.6. The van der Waals surface area contributed by atoms with Crippen molar-refractivity contribution in [2.24, 2.45) is 11.8 Å². The van der Waals surface area contributed by atoms with Crippen LogP contribution in [0.3, 0.4) is 0 Å². The smallest absolute Gasteiger partial charge is 0.320 e. The summed E-state index contributed by atoms with van der Waals surface area (Å²) in [6.07, 6.45) is 0.160. The Morgan fingerprint density at radius 1 is 1.19 bits per heavy atom. The van der Waals surface area contributed by atoms with Crippen molar-refractivity contribution in [1.82, 2.24) is 14.7 Å². The minimum atomic E-state index is -0.127. The van der Waals surface area contributed by atoms with E-state index in [9.17, 15) is 9.59 Å². The van der Waals surface area contributed by atoms with Crippen LogP contribution in [0.15, 0.2) is 24.3 Å². The van der Waals surface area contributed by atoms with Crippen LogP contribution in [-0.2, 0) is 4.79 Å². The molecule has 26 heavy (non-hydrogen) atoms. The molecule has 7 nitrogen and oxygen atoms in total. The number of nitrogens with zero attached hydrogens (tertiary/aromatic N) is 3. The first-order valence-electron chi connectivity index (χ1n) is 8.96. The molecule has 0 aromatic heterocycles. The molecular weight excluding hydrogens is 334 g/mol. The van der Waals surface area contributed by atoms with Gasteiger partial charge in [-0.2, -0.15) is 0 Å². The summed E-state index contributed by atoms with van der Waals surface area (Å²) < 4.78 is 5.24. The molecule has 0 saturated carbocycles. The number of aliphatic hydroxyl groups is 1. The van der Waals surface area contributed by atoms with Gasteiger partial charge in [0.1, 0.15) is 5.75 Å². The minimum Gasteiger partial charge on any atom is -0.497 e. The van der Waals surface area contributed by atoms with Crippen molar-refractivity contribution in [1.29, 1.82) is 0 Å². The normalized spacial score (nSPS) is 24.5. The lowest BCUT2D eigenvalue weighted by Crippen LogP contribution is -2.42. The molecule has 1 N–H and O–H groups in total. The van der Waals surface area contributed by atoms with Crippen LogP contribution in [0.2, 0.25) is 0 Å². The number of fused-ring (bicyclic) bond motifs is 1. The van der Waals surface area contributed by atoms with E-state index in [2.05, 4.69) is 0 Å². The van der Waals surface area contributed by atoms with Gasteiger partial charge in [0.25, 0.3) is 0 Å². The number of methoxy groups -OCH3 is 1. The number of rotatable bonds is 4. The van der Waals surface area contributed by atoms with Crippen molar-refractivity contribution in [3.05, 3.63) is 29.8 Å². The fourth-order valence-electron chi connectivity index (χ4n) is 4.18. The summed E-state index contributed by atoms with van der Waals surface area (Å²) in [5, 5.41) is 9.04. The highest BCUT2D eigenvalue weighted by Crippen LogP contribution is 2.45. The van der Waals surface area contributed by atoms with Crippen LogP contribution in [0.25, 0.3) is 0 Å². The molecule has 3 rings (SSSR count). The highest BCUT2D eigenvalue weighted by atomic mass is 16.5. The molecule has 2 aliphatic rings. The Morgan fingerprint density at radius 3 is 2.46 bits per heavy atom. The second-order valence-electron chi connectivity index (χ2n) is 7.24. The Labute approximate surface area is 154 Å². The van der Waals surface area contributed by atoms with Crippen molar-refractivity contribution in [2.75, 3.05) is 47.4 Å². The highest BCUT2D eigenvalue weighted by molar-refractivity contribution is 5.77. The fraction of sp³-hybridized carbons (Fsp3) is 0.579. The van der Waals surface area contributed by atoms with Crippen LogP contribution in [-0.4, -0.2) is 79.2 Å². The summed E-state index contributed by atoms with van der Waals surface area (Å²) in [5.41, 5.74) is 1.06. The molecule has 0 bridgehead atoms. The van der Waals surface area contributed by atoms with E-state index in [-0.39, 0.29) is 42.8 Å². The number of likely N-dealkylation sites (tertiary alicyclic amines) is 2. The topological polar surface area (TPSA) is 73.3 Å². The predicted molar refractivity (Wildman–Crippen MR) is 96.8 cm³/mol. The summed E-state index contributed by atoms with van der Waals surface area (Å²) in [5.74, 6) is 1.23. The van der Waals surface area contributed by atoms with E-state index in [1.807, 2.05) is 34.1 Å². The Bertz CT molecular complexity index is 661. The van der Waals surface area contributed by atoms with Crippen LogP contribution in [0.4, 0.5) is 4.79 Å². The number of urea groups is 1. The van der Waals surface area contributed by atoms with E-state index in [1.54, 1.807) is 26.1 Å². The van der Waals surface area contributed by atoms with E-state index in [0.717, 1.165) is 11.3 Å². The monoisotopic (exact) mass is 361 g/mol. The maximum absolute atomic E-state index is 12.7. The molecule has 142 valence electrons. The van der Waals surface area contributed by atoms with Crippen molar-refractivity contribution < 1.29 is 19.4 Å². The SMILES string of the molecule is COc1ccc([C@H]2[C@@H]3CN(C(=O)CCO)C[C@@H]3CN2C(=O)N(C)C)cc1. The number of carbonyl (C=O) groups excluding carboxylic acids is 2. The molecule has 0 radical (unpaired) electrons. The quantitative estimate of drug-likeness (QED) is 0.874. The number of amides is 3. The van der Waals surface area contributed by atoms with Gasteiger partial charge >= 0.3 is 6.03 Å². The third kappa shape index (κ3) is 3.35. The lowest BCUT2D eigenvalue weighted by molar-refractivity contribution is -0.131. The summed E-state index contributed by atoms with van der Waals surface area (Å²) in [7, 11) is 5.15. The maximum Gasteiger partial charge on any atom is 0.320 e. The van der Waals surface area contributed by atoms with Gasteiger partial charge in [0.15, 0.2) is 0 Å². The van der Waals surface area contributed by atoms with Gasteiger partial charge in [-0.1, -0.05) is 12.1 Å². The van der Waals surface area contributed by atoms with Crippen LogP contribution in [0.1, 0.15) is 18.0 Å². The van der Waals surface area contributed by atoms with Gasteiger partial charge < -0.3 is 24.5 Å². The summed E-state index contributed by atoms with van der Waals surface area (Å²) in [4.78, 5) is 30.3. The number of ether oxygens (including phenoxy) is 1. The first-order chi connectivity index (χ1) is 12.5. The van der Waals surface area contributed by atoms with E-state index in [0.29, 0.717) is 19.6 Å². The van der Waals surface area contributed by atoms with E-state index >= 15 is 0 Å². The van der Waals surface area contributed by atoms with Gasteiger partial charge in [-0.15, -0.1) is 0 Å². The lowest BCUT2D eigenvalue weighted by atomic mass is 9.89. The molecule has 2 fully saturated rings. The molecule has 0 unspecified atom stereocenters. The molecule has 1 aromatic rings. The van der Waals surface area contributed by atoms with Gasteiger partial charge in [0, 0.05) is 52.0 Å². The third-order valence-corrected chi connectivity index (χ3v) is 5.43. The van der Waals surface area contributed by atoms with E-state index in [1.165, 1.54) is 0 Å². The Hall–Kier alpha value is -2.28. The summed E-state index contributed by atoms with van der Waals surface area (Å²) in [6.45, 7) is 1.78. The zero-order chi connectivity index (χ0) is 18.8. The molecule has 2 aliphatic heterocycles. The number of benzene rings is 1. The Balaban J connectivity index is 1.87. The second kappa shape index (κ2) is 7.53. The first-order valence-corrected chi connectivity index (χ1v) is 8.96. The van der Waals surface area contributed by atoms with Crippen molar-refractivity contribution in [2.45, 2.75) is 12.5 Å². The highest BCUT2D eigenvalue weighted by Gasteiger charge is 2.50. The first kappa shape index (κ1) is 18.5. The van der Waals surface area contributed by atoms with E-state index in [4.69, 9.17) is 9.84 Å². The van der Waals surface area contributed by atoms with Gasteiger partial charge in [-0.3, -0.25) is 4.79 Å². The van der Waals surface area contributed by atoms with Crippen LogP contribution >= 0.6 is 0 Å². The largest absolute Gasteiger partial charge is 0.497 e. The van der Waals surface area contributed by atoms with Crippen molar-refractivity contribution in [3.63, 3.8) is 0 Å². The molecule has 3 amide bonds. The molecule has 0 aliphatic carbocycles. The number of hydrogen-bond acceptors (Lipinski definition) is 4. The molecule has 3 atom stereocenters. The van der Waals surface area contributed by atoms with Gasteiger partial charge in [-0.25, -0.2) is 4.79 Å². The molecule has 7 heteroatoms. The number of hydrogen-bond donors (Lipinski definition) is 1. The summed E-state index contributed by atoms with van der Waals surface area (Å²) >= 11 is 0. The van der Waals surface area contributed by atoms with Crippen LogP contribution in [0, 0.1) is 11.8 Å². The Morgan fingerprint density at radius 2 is 1.88 bits per heavy atom. The maximum atomic E-state index is 12.7. The average molecular weight is 361 g/mol. The molecule has 2 heterocycles. The minimum absolute atomic E-state index is 0.00606. The fourth-order valence-corrected chi connectivity index (χ4v) is 4.18. The zero-order valence-corrected chi connectivity index (χ0v) is 15.6. The molecule has 0 spiro atoms. The Kier molecular flexibility index (Phi) is 5.36. The second-order valence-corrected chi connectivity index (χ2v) is 7.24. The number of aliphatic hydroxyl groups excluding tert-OH is 1. The van der Waals surface area contributed by atoms with Gasteiger partial charge in [-0.05, 0) is 17.7 Å². The standard InChI is InChI=1S/C19H27N3O4/c1-20(2)19(25)22-11-14-10-21(17(24)8-9-23)12-16(14)18(22)13-4-6-15(26-3)7-5-13/h4-7,14,16,18,23H,8-12H2,1-3H3/t14-,16-,18+/m1/s1. The summed E-state index contributed by atoms with van der Waals surface area (Å²) in [6, 6.07) is 7.75. The molecular formula is C19H27N3O4. The van der Waals surface area contributed by atoms with E-state index < -0.39 is 0 Å². The third-order valence-electron chi connectivity index (χ3n) is 5.43. The van der Waals surface area contributed by atoms with Crippen molar-refractivity contribution >= 4 is 11.9 Å². The van der Waals surface area contributed by atoms with Gasteiger partial charge in [0.05, 0.1) is 19.8 Å². The van der Waals surface area contributed by atoms with Crippen LogP contribution in [0.5, 0.6) is 5.75 Å². The number of carbonyl (C=O) groups is 2.